The smallest absolute Gasteiger partial charge is 0.0719 e. The Hall–Kier alpha value is -16.5. The van der Waals surface area contributed by atoms with E-state index in [2.05, 4.69) is 491 Å². The van der Waals surface area contributed by atoms with E-state index in [-0.39, 0.29) is 11.8 Å². The highest BCUT2D eigenvalue weighted by atomic mass is 32.1. The largest absolute Gasteiger partial charge is 0.309 e. The summed E-state index contributed by atoms with van der Waals surface area (Å²) in [6.07, 6.45) is 0. The van der Waals surface area contributed by atoms with Crippen LogP contribution < -0.4 is 0 Å². The maximum atomic E-state index is 2.47. The van der Waals surface area contributed by atoms with Gasteiger partial charge < -0.3 is 18.3 Å². The van der Waals surface area contributed by atoms with Crippen LogP contribution in [0.3, 0.4) is 0 Å². The average Bonchev–Trinajstić information content (AvgIpc) is 1.56. The van der Waals surface area contributed by atoms with Crippen molar-refractivity contribution in [2.24, 2.45) is 0 Å². The lowest BCUT2D eigenvalue weighted by Gasteiger charge is -2.14. The number of aromatic nitrogens is 4. The summed E-state index contributed by atoms with van der Waals surface area (Å²) in [5.74, 6) is 0.530. The molecule has 7 heterocycles. The number of thiophene rings is 3. The zero-order chi connectivity index (χ0) is 88.5. The Kier molecular flexibility index (Phi) is 17.8. The standard InChI is InChI=1S/2C43H27NS.C42H26N2S/c1-3-11-27(12-4-1)41-33-17-8-7-15-31(33)37-25-28(19-21-34(37)41)29-20-24-39-38(26-29)35-22-23-36-32-16-9-10-18-40(32)45-43(36)42(35)44(39)30-13-5-2-6-14-30;1-3-11-27(12-4-1)41-32-16-8-7-15-31(32)36-25-28(19-21-33(36)41)29-20-23-38-37(26-29)34-22-24-40-42(35-17-9-10-18-39(35)45-40)43(34)44(38)30-13-5-2-6-14-30;1-3-11-29(12-4-1)43-36-17-9-7-15-31(36)34-25-27(19-22-37(34)43)28-20-23-38-35(26-28)41-39(44(38)30-13-5-2-6-14-30)24-21-33-32-16-8-10-18-40(32)45-42(33)41/h2*1-26,41H;1-26H. The number of hydrogen-bond donors (Lipinski definition) is 0. The van der Waals surface area contributed by atoms with E-state index in [1.165, 1.54) is 260 Å². The Morgan fingerprint density at radius 1 is 0.163 bits per heavy atom. The Bertz CT molecular complexity index is 9680. The van der Waals surface area contributed by atoms with Crippen molar-refractivity contribution in [2.45, 2.75) is 11.8 Å². The summed E-state index contributed by atoms with van der Waals surface area (Å²) in [7, 11) is 0. The summed E-state index contributed by atoms with van der Waals surface area (Å²) < 4.78 is 17.8. The quantitative estimate of drug-likeness (QED) is 0.137. The fourth-order valence-corrected chi connectivity index (χ4v) is 26.4. The fourth-order valence-electron chi connectivity index (χ4n) is 22.7. The molecule has 135 heavy (non-hydrogen) atoms. The number of benzene rings is 21. The van der Waals surface area contributed by atoms with Gasteiger partial charge in [-0.05, 0) is 235 Å². The first-order valence-electron chi connectivity index (χ1n) is 46.5. The van der Waals surface area contributed by atoms with Crippen LogP contribution in [-0.4, -0.2) is 18.3 Å². The molecule has 7 aromatic heterocycles. The van der Waals surface area contributed by atoms with E-state index in [9.17, 15) is 0 Å². The monoisotopic (exact) mass is 1770 g/mol. The average molecular weight is 1770 g/mol. The van der Waals surface area contributed by atoms with E-state index in [0.717, 1.165) is 0 Å². The number of fused-ring (bicyclic) bond motifs is 30. The summed E-state index contributed by atoms with van der Waals surface area (Å²) in [6, 6.07) is 174. The van der Waals surface area contributed by atoms with Crippen LogP contribution >= 0.6 is 34.0 Å². The molecular formula is C128H80N4S3. The van der Waals surface area contributed by atoms with Gasteiger partial charge in [0.25, 0.3) is 0 Å². The molecule has 0 aliphatic heterocycles. The molecule has 0 bridgehead atoms. The molecule has 0 N–H and O–H groups in total. The fraction of sp³-hybridized carbons (Fsp3) is 0.0156. The zero-order valence-corrected chi connectivity index (χ0v) is 75.7. The van der Waals surface area contributed by atoms with Gasteiger partial charge in [-0.15, -0.1) is 34.0 Å². The zero-order valence-electron chi connectivity index (χ0n) is 73.2. The first-order chi connectivity index (χ1) is 67.0. The van der Waals surface area contributed by atoms with Gasteiger partial charge >= 0.3 is 0 Å². The molecular weight excluding hydrogens is 1690 g/mol. The van der Waals surface area contributed by atoms with E-state index in [0.29, 0.717) is 0 Å². The van der Waals surface area contributed by atoms with Crippen LogP contribution in [0.15, 0.2) is 473 Å². The van der Waals surface area contributed by atoms with Crippen LogP contribution in [0.4, 0.5) is 0 Å². The van der Waals surface area contributed by atoms with Crippen LogP contribution in [0.1, 0.15) is 45.2 Å². The first kappa shape index (κ1) is 77.3. The first-order valence-corrected chi connectivity index (χ1v) is 48.9. The highest BCUT2D eigenvalue weighted by Crippen LogP contribution is 2.54. The van der Waals surface area contributed by atoms with Crippen molar-refractivity contribution in [2.75, 3.05) is 0 Å². The van der Waals surface area contributed by atoms with Gasteiger partial charge in [0, 0.05) is 133 Å². The van der Waals surface area contributed by atoms with Gasteiger partial charge in [0.1, 0.15) is 0 Å². The van der Waals surface area contributed by atoms with Crippen LogP contribution in [0.5, 0.6) is 0 Å². The van der Waals surface area contributed by atoms with Gasteiger partial charge in [0.05, 0.1) is 48.8 Å². The van der Waals surface area contributed by atoms with Crippen LogP contribution in [0.2, 0.25) is 0 Å². The molecule has 0 amide bonds. The van der Waals surface area contributed by atoms with E-state index in [1.807, 2.05) is 34.0 Å². The van der Waals surface area contributed by atoms with Gasteiger partial charge in [-0.1, -0.05) is 328 Å². The van der Waals surface area contributed by atoms with Crippen molar-refractivity contribution in [1.82, 2.24) is 18.3 Å². The van der Waals surface area contributed by atoms with E-state index >= 15 is 0 Å². The second-order valence-corrected chi connectivity index (χ2v) is 39.1. The van der Waals surface area contributed by atoms with E-state index < -0.39 is 0 Å². The minimum Gasteiger partial charge on any atom is -0.309 e. The second-order valence-electron chi connectivity index (χ2n) is 35.9. The number of nitrogens with zero attached hydrogens (tertiary/aromatic N) is 4. The summed E-state index contributed by atoms with van der Waals surface area (Å²) >= 11 is 5.69. The highest BCUT2D eigenvalue weighted by Gasteiger charge is 2.33. The lowest BCUT2D eigenvalue weighted by molar-refractivity contribution is 1.02. The summed E-state index contributed by atoms with van der Waals surface area (Å²) in [6.45, 7) is 0. The van der Waals surface area contributed by atoms with E-state index in [1.54, 1.807) is 0 Å². The molecule has 0 spiro atoms. The number of para-hydroxylation sites is 5. The maximum Gasteiger partial charge on any atom is 0.0719 e. The Balaban J connectivity index is 0.000000101. The second kappa shape index (κ2) is 31.1. The van der Waals surface area contributed by atoms with Gasteiger partial charge in [0.2, 0.25) is 0 Å². The van der Waals surface area contributed by atoms with E-state index in [4.69, 9.17) is 0 Å². The lowest BCUT2D eigenvalue weighted by atomic mass is 9.89. The molecule has 2 atom stereocenters. The Labute approximate surface area is 790 Å². The molecule has 2 aliphatic carbocycles. The molecule has 0 saturated carbocycles. The third kappa shape index (κ3) is 12.2. The summed E-state index contributed by atoms with van der Waals surface area (Å²) in [4.78, 5) is 0. The van der Waals surface area contributed by atoms with Gasteiger partial charge in [-0.3, -0.25) is 0 Å². The Morgan fingerprint density at radius 2 is 0.489 bits per heavy atom. The SMILES string of the molecule is c1ccc(-n2c3ccccc3c3cc(-c4ccc5c(c4)c4c6sc7ccccc7c6ccc4n5-c4ccccc4)ccc32)cc1.c1ccc(C2c3ccccc3-c3cc(-c4ccc5c(c4)c4ccc6c7ccccc7sc6c4n5-c4ccccc4)ccc32)cc1.c1ccc(C2c3ccccc3-c3cc(-c4ccc5c(c4)c4ccc6sc7ccccc7c6c4n5-c4ccccc4)ccc32)cc1. The van der Waals surface area contributed by atoms with Gasteiger partial charge in [-0.25, -0.2) is 0 Å². The number of rotatable bonds is 9. The van der Waals surface area contributed by atoms with Crippen molar-refractivity contribution in [3.8, 4) is 78.4 Å². The molecule has 4 nitrogen and oxygen atoms in total. The summed E-state index contributed by atoms with van der Waals surface area (Å²) in [5, 5.41) is 18.3. The molecule has 7 heteroatoms. The third-order valence-corrected chi connectivity index (χ3v) is 32.2. The molecule has 28 aromatic rings. The van der Waals surface area contributed by atoms with Crippen LogP contribution in [0, 0.1) is 0 Å². The van der Waals surface area contributed by atoms with Crippen LogP contribution in [0.25, 0.3) is 226 Å². The van der Waals surface area contributed by atoms with Crippen molar-refractivity contribution in [3.63, 3.8) is 0 Å². The molecule has 21 aromatic carbocycles. The summed E-state index contributed by atoms with van der Waals surface area (Å²) in [5.41, 5.74) is 35.8. The molecule has 630 valence electrons. The predicted octanol–water partition coefficient (Wildman–Crippen LogP) is 35.9. The molecule has 2 unspecified atom stereocenters. The molecule has 0 fully saturated rings. The van der Waals surface area contributed by atoms with Crippen molar-refractivity contribution in [1.29, 1.82) is 0 Å². The normalized spacial score (nSPS) is 13.3. The predicted molar refractivity (Wildman–Crippen MR) is 577 cm³/mol. The van der Waals surface area contributed by atoms with Crippen LogP contribution in [-0.2, 0) is 0 Å². The minimum absolute atomic E-state index is 0.264. The number of hydrogen-bond acceptors (Lipinski definition) is 3. The molecule has 2 aliphatic rings. The topological polar surface area (TPSA) is 19.7 Å². The highest BCUT2D eigenvalue weighted by molar-refractivity contribution is 7.27. The molecule has 0 saturated heterocycles. The van der Waals surface area contributed by atoms with Crippen molar-refractivity contribution in [3.05, 3.63) is 507 Å². The lowest BCUT2D eigenvalue weighted by Crippen LogP contribution is -1.98. The minimum atomic E-state index is 0.264. The van der Waals surface area contributed by atoms with Crippen molar-refractivity contribution < 1.29 is 0 Å². The third-order valence-electron chi connectivity index (χ3n) is 28.7. The van der Waals surface area contributed by atoms with Crippen molar-refractivity contribution >= 4 is 182 Å². The maximum absolute atomic E-state index is 2.47. The molecule has 30 rings (SSSR count). The van der Waals surface area contributed by atoms with Gasteiger partial charge in [-0.2, -0.15) is 0 Å². The molecule has 0 radical (unpaired) electrons. The Morgan fingerprint density at radius 3 is 1.01 bits per heavy atom. The van der Waals surface area contributed by atoms with Gasteiger partial charge in [0.15, 0.2) is 0 Å².